The molecule has 1 unspecified atom stereocenters. The van der Waals surface area contributed by atoms with Gasteiger partial charge in [-0.05, 0) is 56.5 Å². The van der Waals surface area contributed by atoms with Gasteiger partial charge in [0, 0.05) is 29.2 Å². The van der Waals surface area contributed by atoms with Gasteiger partial charge in [-0.1, -0.05) is 24.3 Å². The molecule has 4 rings (SSSR count). The summed E-state index contributed by atoms with van der Waals surface area (Å²) in [4.78, 5) is 18.2. The van der Waals surface area contributed by atoms with Gasteiger partial charge in [0.05, 0.1) is 13.2 Å². The van der Waals surface area contributed by atoms with Crippen LogP contribution in [0.15, 0.2) is 48.7 Å². The average molecular weight is 378 g/mol. The molecule has 1 aromatic heterocycles. The maximum absolute atomic E-state index is 13.1. The standard InChI is InChI=1S/C23H26N2O3/c1-23(2,3)28-22(26)25-12-11-15-7-5-6-8-17(15)21(25)19-14-24-20-10-9-16(27-4)13-18(19)20/h5-10,13-14,21,24H,11-12H2,1-4H3. The quantitative estimate of drug-likeness (QED) is 0.678. The molecule has 1 aliphatic rings. The van der Waals surface area contributed by atoms with Crippen molar-refractivity contribution >= 4 is 17.0 Å². The Bertz CT molecular complexity index is 1020. The van der Waals surface area contributed by atoms with Crippen molar-refractivity contribution in [2.45, 2.75) is 38.8 Å². The van der Waals surface area contributed by atoms with E-state index in [9.17, 15) is 4.79 Å². The molecule has 5 nitrogen and oxygen atoms in total. The molecule has 1 aliphatic heterocycles. The van der Waals surface area contributed by atoms with E-state index in [1.807, 2.05) is 56.1 Å². The highest BCUT2D eigenvalue weighted by molar-refractivity contribution is 5.86. The number of nitrogens with zero attached hydrogens (tertiary/aromatic N) is 1. The van der Waals surface area contributed by atoms with Crippen molar-refractivity contribution in [1.29, 1.82) is 0 Å². The Morgan fingerprint density at radius 2 is 1.93 bits per heavy atom. The largest absolute Gasteiger partial charge is 0.497 e. The first-order valence-electron chi connectivity index (χ1n) is 9.60. The summed E-state index contributed by atoms with van der Waals surface area (Å²) in [5.74, 6) is 0.793. The molecule has 0 radical (unpaired) electrons. The van der Waals surface area contributed by atoms with Gasteiger partial charge in [0.15, 0.2) is 0 Å². The van der Waals surface area contributed by atoms with Crippen molar-refractivity contribution in [2.24, 2.45) is 0 Å². The summed E-state index contributed by atoms with van der Waals surface area (Å²) >= 11 is 0. The minimum Gasteiger partial charge on any atom is -0.497 e. The summed E-state index contributed by atoms with van der Waals surface area (Å²) in [5.41, 5.74) is 3.94. The highest BCUT2D eigenvalue weighted by Crippen LogP contribution is 2.39. The lowest BCUT2D eigenvalue weighted by molar-refractivity contribution is 0.0179. The summed E-state index contributed by atoms with van der Waals surface area (Å²) in [6, 6.07) is 14.1. The molecular formula is C23H26N2O3. The van der Waals surface area contributed by atoms with E-state index in [-0.39, 0.29) is 12.1 Å². The molecule has 2 heterocycles. The molecule has 0 fully saturated rings. The topological polar surface area (TPSA) is 54.6 Å². The fourth-order valence-corrected chi connectivity index (χ4v) is 3.89. The Labute approximate surface area is 165 Å². The number of aromatic nitrogens is 1. The summed E-state index contributed by atoms with van der Waals surface area (Å²) in [6.07, 6.45) is 2.52. The van der Waals surface area contributed by atoms with Gasteiger partial charge in [0.25, 0.3) is 0 Å². The van der Waals surface area contributed by atoms with Crippen LogP contribution >= 0.6 is 0 Å². The molecule has 0 bridgehead atoms. The van der Waals surface area contributed by atoms with Gasteiger partial charge in [0.1, 0.15) is 11.4 Å². The van der Waals surface area contributed by atoms with Crippen molar-refractivity contribution in [3.63, 3.8) is 0 Å². The molecule has 1 atom stereocenters. The predicted molar refractivity (Wildman–Crippen MR) is 110 cm³/mol. The van der Waals surface area contributed by atoms with E-state index in [2.05, 4.69) is 23.2 Å². The first kappa shape index (κ1) is 18.4. The average Bonchev–Trinajstić information content (AvgIpc) is 3.08. The number of carbonyl (C=O) groups excluding carboxylic acids is 1. The lowest BCUT2D eigenvalue weighted by Crippen LogP contribution is -2.43. The molecule has 0 aliphatic carbocycles. The van der Waals surface area contributed by atoms with Crippen molar-refractivity contribution in [3.8, 4) is 5.75 Å². The fraction of sp³-hybridized carbons (Fsp3) is 0.348. The number of amides is 1. The number of H-pyrrole nitrogens is 1. The van der Waals surface area contributed by atoms with E-state index in [4.69, 9.17) is 9.47 Å². The number of nitrogens with one attached hydrogen (secondary N) is 1. The van der Waals surface area contributed by atoms with Crippen LogP contribution in [-0.2, 0) is 11.2 Å². The number of aromatic amines is 1. The van der Waals surface area contributed by atoms with Gasteiger partial charge in [-0.3, -0.25) is 4.90 Å². The molecule has 0 saturated heterocycles. The smallest absolute Gasteiger partial charge is 0.411 e. The first-order chi connectivity index (χ1) is 13.4. The highest BCUT2D eigenvalue weighted by atomic mass is 16.6. The van der Waals surface area contributed by atoms with Crippen LogP contribution in [0.5, 0.6) is 5.75 Å². The molecule has 0 saturated carbocycles. The zero-order valence-corrected chi connectivity index (χ0v) is 16.8. The second-order valence-corrected chi connectivity index (χ2v) is 8.18. The van der Waals surface area contributed by atoms with Crippen molar-refractivity contribution < 1.29 is 14.3 Å². The molecule has 2 aromatic carbocycles. The predicted octanol–water partition coefficient (Wildman–Crippen LogP) is 5.06. The Balaban J connectivity index is 1.85. The molecule has 0 spiro atoms. The number of hydrogen-bond donors (Lipinski definition) is 1. The lowest BCUT2D eigenvalue weighted by atomic mass is 9.88. The van der Waals surface area contributed by atoms with E-state index >= 15 is 0 Å². The zero-order valence-electron chi connectivity index (χ0n) is 16.8. The van der Waals surface area contributed by atoms with Crippen LogP contribution in [0.1, 0.15) is 43.5 Å². The number of fused-ring (bicyclic) bond motifs is 2. The number of carbonyl (C=O) groups is 1. The zero-order chi connectivity index (χ0) is 19.9. The van der Waals surface area contributed by atoms with Crippen LogP contribution in [0.3, 0.4) is 0 Å². The van der Waals surface area contributed by atoms with Gasteiger partial charge >= 0.3 is 6.09 Å². The van der Waals surface area contributed by atoms with Crippen LogP contribution in [0, 0.1) is 0 Å². The maximum Gasteiger partial charge on any atom is 0.411 e. The molecule has 1 N–H and O–H groups in total. The first-order valence-corrected chi connectivity index (χ1v) is 9.60. The van der Waals surface area contributed by atoms with E-state index < -0.39 is 5.60 Å². The maximum atomic E-state index is 13.1. The Morgan fingerprint density at radius 3 is 2.68 bits per heavy atom. The third-order valence-corrected chi connectivity index (χ3v) is 5.13. The lowest BCUT2D eigenvalue weighted by Gasteiger charge is -2.38. The van der Waals surface area contributed by atoms with Crippen molar-refractivity contribution in [3.05, 3.63) is 65.4 Å². The van der Waals surface area contributed by atoms with Crippen LogP contribution in [0.25, 0.3) is 10.9 Å². The third kappa shape index (κ3) is 3.33. The minimum absolute atomic E-state index is 0.208. The molecule has 146 valence electrons. The van der Waals surface area contributed by atoms with Gasteiger partial charge in [-0.2, -0.15) is 0 Å². The van der Waals surface area contributed by atoms with Gasteiger partial charge in [-0.15, -0.1) is 0 Å². The summed E-state index contributed by atoms with van der Waals surface area (Å²) in [6.45, 7) is 6.31. The number of ether oxygens (including phenoxy) is 2. The van der Waals surface area contributed by atoms with E-state index in [1.165, 1.54) is 5.56 Å². The molecule has 1 amide bonds. The van der Waals surface area contributed by atoms with Crippen LogP contribution in [0.4, 0.5) is 4.79 Å². The van der Waals surface area contributed by atoms with Crippen molar-refractivity contribution in [2.75, 3.05) is 13.7 Å². The number of rotatable bonds is 2. The normalized spacial score (nSPS) is 16.7. The monoisotopic (exact) mass is 378 g/mol. The number of benzene rings is 2. The second kappa shape index (κ2) is 6.89. The molecule has 28 heavy (non-hydrogen) atoms. The van der Waals surface area contributed by atoms with Gasteiger partial charge in [0.2, 0.25) is 0 Å². The van der Waals surface area contributed by atoms with E-state index in [1.54, 1.807) is 7.11 Å². The van der Waals surface area contributed by atoms with Crippen LogP contribution in [-0.4, -0.2) is 35.2 Å². The molecule has 5 heteroatoms. The van der Waals surface area contributed by atoms with E-state index in [0.29, 0.717) is 6.54 Å². The number of methoxy groups -OCH3 is 1. The Hall–Kier alpha value is -2.95. The third-order valence-electron chi connectivity index (χ3n) is 5.13. The second-order valence-electron chi connectivity index (χ2n) is 8.18. The minimum atomic E-state index is -0.540. The van der Waals surface area contributed by atoms with Gasteiger partial charge in [-0.25, -0.2) is 4.79 Å². The highest BCUT2D eigenvalue weighted by Gasteiger charge is 2.35. The van der Waals surface area contributed by atoms with Gasteiger partial charge < -0.3 is 14.5 Å². The summed E-state index contributed by atoms with van der Waals surface area (Å²) in [7, 11) is 1.66. The Kier molecular flexibility index (Phi) is 4.53. The molecular weight excluding hydrogens is 352 g/mol. The summed E-state index contributed by atoms with van der Waals surface area (Å²) < 4.78 is 11.2. The van der Waals surface area contributed by atoms with Crippen molar-refractivity contribution in [1.82, 2.24) is 9.88 Å². The van der Waals surface area contributed by atoms with E-state index in [0.717, 1.165) is 34.2 Å². The fourth-order valence-electron chi connectivity index (χ4n) is 3.89. The molecule has 3 aromatic rings. The number of hydrogen-bond acceptors (Lipinski definition) is 3. The Morgan fingerprint density at radius 1 is 1.14 bits per heavy atom. The van der Waals surface area contributed by atoms with Crippen LogP contribution < -0.4 is 4.74 Å². The summed E-state index contributed by atoms with van der Waals surface area (Å²) in [5, 5.41) is 1.05. The van der Waals surface area contributed by atoms with Crippen LogP contribution in [0.2, 0.25) is 0 Å². The SMILES string of the molecule is COc1ccc2[nH]cc(C3c4ccccc4CCN3C(=O)OC(C)(C)C)c2c1.